The summed E-state index contributed by atoms with van der Waals surface area (Å²) in [6.45, 7) is 1.25. The van der Waals surface area contributed by atoms with Gasteiger partial charge in [0.2, 0.25) is 0 Å². The number of benzene rings is 3. The van der Waals surface area contributed by atoms with Crippen molar-refractivity contribution in [2.75, 3.05) is 6.61 Å². The lowest BCUT2D eigenvalue weighted by atomic mass is 9.95. The monoisotopic (exact) mass is 399 g/mol. The van der Waals surface area contributed by atoms with E-state index in [0.717, 1.165) is 17.5 Å². The predicted molar refractivity (Wildman–Crippen MR) is 115 cm³/mol. The maximum Gasteiger partial charge on any atom is 0.411 e. The fraction of sp³-hybridized carbons (Fsp3) is 0.269. The zero-order chi connectivity index (χ0) is 20.3. The summed E-state index contributed by atoms with van der Waals surface area (Å²) in [7, 11) is 0. The first-order valence-electron chi connectivity index (χ1n) is 10.5. The average Bonchev–Trinajstić information content (AvgIpc) is 3.48. The molecule has 4 atom stereocenters. The third kappa shape index (κ3) is 3.83. The Kier molecular flexibility index (Phi) is 5.24. The summed E-state index contributed by atoms with van der Waals surface area (Å²) < 4.78 is 11.8. The van der Waals surface area contributed by atoms with E-state index in [0.29, 0.717) is 19.1 Å². The average molecular weight is 399 g/mol. The summed E-state index contributed by atoms with van der Waals surface area (Å²) in [5.41, 5.74) is 3.30. The Labute approximate surface area is 177 Å². The van der Waals surface area contributed by atoms with Crippen LogP contribution >= 0.6 is 0 Å². The van der Waals surface area contributed by atoms with Gasteiger partial charge in [-0.3, -0.25) is 4.90 Å². The smallest absolute Gasteiger partial charge is 0.411 e. The Hall–Kier alpha value is -3.11. The first-order chi connectivity index (χ1) is 14.8. The topological polar surface area (TPSA) is 38.8 Å². The van der Waals surface area contributed by atoms with E-state index < -0.39 is 0 Å². The molecule has 0 spiro atoms. The van der Waals surface area contributed by atoms with Crippen LogP contribution in [0.1, 0.15) is 35.3 Å². The normalized spacial score (nSPS) is 25.2. The molecule has 0 bridgehead atoms. The lowest BCUT2D eigenvalue weighted by Crippen LogP contribution is -2.32. The molecule has 0 N–H and O–H groups in total. The largest absolute Gasteiger partial charge is 0.439 e. The van der Waals surface area contributed by atoms with Gasteiger partial charge in [0.05, 0.1) is 13.2 Å². The van der Waals surface area contributed by atoms with Crippen LogP contribution in [0.5, 0.6) is 0 Å². The highest BCUT2D eigenvalue weighted by atomic mass is 16.6. The molecule has 1 aliphatic heterocycles. The number of amides is 1. The molecule has 3 aromatic carbocycles. The molecule has 30 heavy (non-hydrogen) atoms. The van der Waals surface area contributed by atoms with Crippen molar-refractivity contribution in [3.05, 3.63) is 108 Å². The van der Waals surface area contributed by atoms with Crippen molar-refractivity contribution in [3.8, 4) is 0 Å². The lowest BCUT2D eigenvalue weighted by molar-refractivity contribution is 0.102. The molecule has 2 fully saturated rings. The standard InChI is InChI=1S/C26H25NO3/c28-26-27(23-16-22(23)18-29-17-19-10-4-1-5-11-19)24(20-12-6-2-7-13-20)25(30-26)21-14-8-3-9-15-21/h1-15,22-25H,16-18H2/t22-,23-,24-,25+/m0/s1. The molecule has 1 aliphatic carbocycles. The Morgan fingerprint density at radius 2 is 1.43 bits per heavy atom. The number of hydrogen-bond donors (Lipinski definition) is 0. The molecule has 3 aromatic rings. The van der Waals surface area contributed by atoms with Crippen LogP contribution in [0.25, 0.3) is 0 Å². The number of carbonyl (C=O) groups excluding carboxylic acids is 1. The number of ether oxygens (including phenoxy) is 2. The Bertz CT molecular complexity index is 977. The quantitative estimate of drug-likeness (QED) is 0.525. The number of rotatable bonds is 7. The molecule has 5 rings (SSSR count). The van der Waals surface area contributed by atoms with Crippen molar-refractivity contribution in [3.63, 3.8) is 0 Å². The summed E-state index contributed by atoms with van der Waals surface area (Å²) in [5, 5.41) is 0. The lowest BCUT2D eigenvalue weighted by Gasteiger charge is -2.25. The van der Waals surface area contributed by atoms with E-state index in [9.17, 15) is 4.79 Å². The van der Waals surface area contributed by atoms with Crippen LogP contribution in [-0.4, -0.2) is 23.6 Å². The van der Waals surface area contributed by atoms with Crippen molar-refractivity contribution in [1.82, 2.24) is 4.90 Å². The Morgan fingerprint density at radius 1 is 0.833 bits per heavy atom. The van der Waals surface area contributed by atoms with Crippen LogP contribution in [0.3, 0.4) is 0 Å². The number of cyclic esters (lactones) is 1. The number of carbonyl (C=O) groups is 1. The first-order valence-corrected chi connectivity index (χ1v) is 10.5. The van der Waals surface area contributed by atoms with Crippen LogP contribution < -0.4 is 0 Å². The van der Waals surface area contributed by atoms with Gasteiger partial charge >= 0.3 is 6.09 Å². The Morgan fingerprint density at radius 3 is 2.10 bits per heavy atom. The fourth-order valence-corrected chi connectivity index (χ4v) is 4.37. The molecule has 4 heteroatoms. The third-order valence-electron chi connectivity index (χ3n) is 5.98. The molecule has 2 aliphatic rings. The van der Waals surface area contributed by atoms with Crippen molar-refractivity contribution >= 4 is 6.09 Å². The van der Waals surface area contributed by atoms with Gasteiger partial charge in [0.1, 0.15) is 6.04 Å². The van der Waals surface area contributed by atoms with Crippen LogP contribution in [-0.2, 0) is 16.1 Å². The second-order valence-corrected chi connectivity index (χ2v) is 8.04. The van der Waals surface area contributed by atoms with E-state index >= 15 is 0 Å². The Balaban J connectivity index is 1.31. The van der Waals surface area contributed by atoms with Gasteiger partial charge < -0.3 is 9.47 Å². The summed E-state index contributed by atoms with van der Waals surface area (Å²) >= 11 is 0. The molecule has 152 valence electrons. The SMILES string of the molecule is O=C1O[C@H](c2ccccc2)[C@H](c2ccccc2)N1[C@H]1C[C@H]1COCc1ccccc1. The number of nitrogens with zero attached hydrogens (tertiary/aromatic N) is 1. The summed E-state index contributed by atoms with van der Waals surface area (Å²) in [6.07, 6.45) is 0.426. The third-order valence-corrected chi connectivity index (χ3v) is 5.98. The maximum atomic E-state index is 12.9. The zero-order valence-corrected chi connectivity index (χ0v) is 16.8. The molecule has 1 heterocycles. The van der Waals surface area contributed by atoms with E-state index in [1.165, 1.54) is 5.56 Å². The fourth-order valence-electron chi connectivity index (χ4n) is 4.37. The van der Waals surface area contributed by atoms with Crippen molar-refractivity contribution in [2.45, 2.75) is 31.2 Å². The molecule has 1 saturated carbocycles. The van der Waals surface area contributed by atoms with Gasteiger partial charge in [-0.05, 0) is 23.1 Å². The highest BCUT2D eigenvalue weighted by molar-refractivity contribution is 5.72. The van der Waals surface area contributed by atoms with Crippen LogP contribution in [0.4, 0.5) is 4.79 Å². The van der Waals surface area contributed by atoms with Crippen molar-refractivity contribution in [1.29, 1.82) is 0 Å². The summed E-state index contributed by atoms with van der Waals surface area (Å²) in [6, 6.07) is 30.5. The van der Waals surface area contributed by atoms with Gasteiger partial charge in [-0.2, -0.15) is 0 Å². The summed E-state index contributed by atoms with van der Waals surface area (Å²) in [5.74, 6) is 0.349. The first kappa shape index (κ1) is 18.9. The zero-order valence-electron chi connectivity index (χ0n) is 16.8. The van der Waals surface area contributed by atoms with Gasteiger partial charge in [0.25, 0.3) is 0 Å². The molecular weight excluding hydrogens is 374 g/mol. The highest BCUT2D eigenvalue weighted by Crippen LogP contribution is 2.50. The van der Waals surface area contributed by atoms with Gasteiger partial charge in [-0.15, -0.1) is 0 Å². The van der Waals surface area contributed by atoms with Crippen LogP contribution in [0.2, 0.25) is 0 Å². The van der Waals surface area contributed by atoms with Crippen LogP contribution in [0, 0.1) is 5.92 Å². The van der Waals surface area contributed by atoms with E-state index in [2.05, 4.69) is 24.3 Å². The second-order valence-electron chi connectivity index (χ2n) is 8.04. The van der Waals surface area contributed by atoms with E-state index in [-0.39, 0.29) is 24.3 Å². The molecule has 0 aromatic heterocycles. The van der Waals surface area contributed by atoms with E-state index in [1.807, 2.05) is 71.6 Å². The predicted octanol–water partition coefficient (Wildman–Crippen LogP) is 5.53. The van der Waals surface area contributed by atoms with Gasteiger partial charge in [0, 0.05) is 12.0 Å². The molecule has 1 saturated heterocycles. The molecule has 0 unspecified atom stereocenters. The highest BCUT2D eigenvalue weighted by Gasteiger charge is 2.54. The minimum atomic E-state index is -0.299. The molecule has 0 radical (unpaired) electrons. The van der Waals surface area contributed by atoms with Crippen LogP contribution in [0.15, 0.2) is 91.0 Å². The number of hydrogen-bond acceptors (Lipinski definition) is 3. The van der Waals surface area contributed by atoms with Gasteiger partial charge in [-0.25, -0.2) is 4.79 Å². The van der Waals surface area contributed by atoms with Gasteiger partial charge in [-0.1, -0.05) is 91.0 Å². The molecule has 4 nitrogen and oxygen atoms in total. The molecular formula is C26H25NO3. The maximum absolute atomic E-state index is 12.9. The van der Waals surface area contributed by atoms with Crippen molar-refractivity contribution in [2.24, 2.45) is 5.92 Å². The van der Waals surface area contributed by atoms with E-state index in [4.69, 9.17) is 9.47 Å². The summed E-state index contributed by atoms with van der Waals surface area (Å²) in [4.78, 5) is 14.9. The van der Waals surface area contributed by atoms with Crippen molar-refractivity contribution < 1.29 is 14.3 Å². The second kappa shape index (κ2) is 8.33. The molecule has 1 amide bonds. The minimum absolute atomic E-state index is 0.120. The van der Waals surface area contributed by atoms with Gasteiger partial charge in [0.15, 0.2) is 6.10 Å². The van der Waals surface area contributed by atoms with E-state index in [1.54, 1.807) is 0 Å². The minimum Gasteiger partial charge on any atom is -0.439 e.